The van der Waals surface area contributed by atoms with Crippen LogP contribution in [0.3, 0.4) is 0 Å². The molecule has 1 aliphatic heterocycles. The van der Waals surface area contributed by atoms with E-state index in [2.05, 4.69) is 43.9 Å². The van der Waals surface area contributed by atoms with Crippen LogP contribution in [-0.2, 0) is 13.1 Å². The van der Waals surface area contributed by atoms with Gasteiger partial charge < -0.3 is 19.4 Å². The molecular formula is C27H25F3N4O3S. The van der Waals surface area contributed by atoms with E-state index in [0.717, 1.165) is 25.2 Å². The number of likely N-dealkylation sites (tertiary alicyclic amines) is 1. The Labute approximate surface area is 220 Å². The predicted molar refractivity (Wildman–Crippen MR) is 136 cm³/mol. The van der Waals surface area contributed by atoms with Crippen molar-refractivity contribution in [2.24, 2.45) is 17.8 Å². The average Bonchev–Trinajstić information content (AvgIpc) is 3.37. The SMILES string of the molecule is O=C(Oc1cscn1)N(Cc1cccc(OC(F)(F)F)c1)CC1C2CN(Cc3ccc4[nH]ccc4c3)CC21. The number of ether oxygens (including phenoxy) is 2. The van der Waals surface area contributed by atoms with Gasteiger partial charge >= 0.3 is 12.5 Å². The van der Waals surface area contributed by atoms with E-state index in [1.165, 1.54) is 40.5 Å². The summed E-state index contributed by atoms with van der Waals surface area (Å²) in [6.07, 6.45) is -3.42. The third-order valence-corrected chi connectivity index (χ3v) is 7.83. The number of amides is 1. The summed E-state index contributed by atoms with van der Waals surface area (Å²) in [6.45, 7) is 3.34. The normalized spacial score (nSPS) is 20.9. The molecule has 2 aromatic carbocycles. The second-order valence-electron chi connectivity index (χ2n) is 9.86. The molecule has 1 aliphatic carbocycles. The number of nitrogens with one attached hydrogen (secondary N) is 1. The number of thiazole rings is 1. The van der Waals surface area contributed by atoms with Crippen molar-refractivity contribution in [2.75, 3.05) is 19.6 Å². The van der Waals surface area contributed by atoms with Gasteiger partial charge in [0.1, 0.15) is 5.75 Å². The molecule has 1 N–H and O–H groups in total. The van der Waals surface area contributed by atoms with Crippen molar-refractivity contribution in [1.29, 1.82) is 0 Å². The highest BCUT2D eigenvalue weighted by Gasteiger charge is 2.56. The van der Waals surface area contributed by atoms with E-state index < -0.39 is 12.5 Å². The van der Waals surface area contributed by atoms with Gasteiger partial charge in [-0.3, -0.25) is 4.90 Å². The summed E-state index contributed by atoms with van der Waals surface area (Å²) in [5, 5.41) is 2.83. The Hall–Kier alpha value is -3.57. The first-order chi connectivity index (χ1) is 18.3. The highest BCUT2D eigenvalue weighted by molar-refractivity contribution is 7.07. The summed E-state index contributed by atoms with van der Waals surface area (Å²) in [4.78, 5) is 24.3. The minimum absolute atomic E-state index is 0.106. The molecule has 0 bridgehead atoms. The number of aromatic amines is 1. The fraction of sp³-hybridized carbons (Fsp3) is 0.333. The van der Waals surface area contributed by atoms with Gasteiger partial charge in [-0.15, -0.1) is 24.5 Å². The van der Waals surface area contributed by atoms with Gasteiger partial charge in [0.05, 0.1) is 10.9 Å². The van der Waals surface area contributed by atoms with Gasteiger partial charge in [-0.2, -0.15) is 0 Å². The zero-order chi connectivity index (χ0) is 26.3. The number of carbonyl (C=O) groups is 1. The molecule has 2 fully saturated rings. The number of alkyl halides is 3. The molecule has 7 nitrogen and oxygen atoms in total. The Morgan fingerprint density at radius 3 is 2.74 bits per heavy atom. The Kier molecular flexibility index (Phi) is 6.48. The molecule has 1 saturated carbocycles. The Balaban J connectivity index is 1.10. The van der Waals surface area contributed by atoms with Gasteiger partial charge in [-0.05, 0) is 64.6 Å². The van der Waals surface area contributed by atoms with Crippen LogP contribution in [0.25, 0.3) is 10.9 Å². The van der Waals surface area contributed by atoms with Gasteiger partial charge in [0.15, 0.2) is 0 Å². The molecule has 2 aliphatic rings. The molecule has 1 saturated heterocycles. The lowest BCUT2D eigenvalue weighted by Gasteiger charge is -2.25. The van der Waals surface area contributed by atoms with E-state index >= 15 is 0 Å². The number of rotatable bonds is 8. The largest absolute Gasteiger partial charge is 0.573 e. The smallest absolute Gasteiger partial charge is 0.406 e. The van der Waals surface area contributed by atoms with Crippen LogP contribution in [0.2, 0.25) is 0 Å². The third-order valence-electron chi connectivity index (χ3n) is 7.27. The number of H-pyrrole nitrogens is 1. The Morgan fingerprint density at radius 2 is 1.97 bits per heavy atom. The lowest BCUT2D eigenvalue weighted by molar-refractivity contribution is -0.274. The van der Waals surface area contributed by atoms with E-state index in [0.29, 0.717) is 29.9 Å². The Bertz CT molecular complexity index is 1410. The second kappa shape index (κ2) is 9.95. The molecule has 2 aromatic heterocycles. The van der Waals surface area contributed by atoms with Crippen LogP contribution in [0.4, 0.5) is 18.0 Å². The van der Waals surface area contributed by atoms with Crippen LogP contribution in [0.15, 0.2) is 65.6 Å². The van der Waals surface area contributed by atoms with Gasteiger partial charge in [0, 0.05) is 44.4 Å². The minimum Gasteiger partial charge on any atom is -0.406 e. The van der Waals surface area contributed by atoms with E-state index in [-0.39, 0.29) is 18.2 Å². The van der Waals surface area contributed by atoms with Gasteiger partial charge in [-0.25, -0.2) is 9.78 Å². The number of benzene rings is 2. The van der Waals surface area contributed by atoms with Crippen molar-refractivity contribution in [3.63, 3.8) is 0 Å². The zero-order valence-electron chi connectivity index (χ0n) is 20.2. The maximum absolute atomic E-state index is 13.0. The lowest BCUT2D eigenvalue weighted by Crippen LogP contribution is -2.36. The van der Waals surface area contributed by atoms with E-state index in [9.17, 15) is 18.0 Å². The van der Waals surface area contributed by atoms with Crippen LogP contribution < -0.4 is 9.47 Å². The lowest BCUT2D eigenvalue weighted by atomic mass is 10.1. The number of hydrogen-bond acceptors (Lipinski definition) is 6. The predicted octanol–water partition coefficient (Wildman–Crippen LogP) is 5.90. The molecule has 198 valence electrons. The number of piperidine rings is 1. The fourth-order valence-electron chi connectivity index (χ4n) is 5.52. The molecule has 3 heterocycles. The maximum Gasteiger partial charge on any atom is 0.573 e. The molecule has 6 rings (SSSR count). The molecule has 0 radical (unpaired) electrons. The van der Waals surface area contributed by atoms with Crippen molar-refractivity contribution in [3.8, 4) is 11.6 Å². The highest BCUT2D eigenvalue weighted by Crippen LogP contribution is 2.52. The molecular weight excluding hydrogens is 517 g/mol. The fourth-order valence-corrected chi connectivity index (χ4v) is 5.97. The van der Waals surface area contributed by atoms with Crippen molar-refractivity contribution in [1.82, 2.24) is 19.8 Å². The van der Waals surface area contributed by atoms with Gasteiger partial charge in [0.25, 0.3) is 0 Å². The molecule has 38 heavy (non-hydrogen) atoms. The molecule has 0 spiro atoms. The van der Waals surface area contributed by atoms with E-state index in [1.807, 2.05) is 6.20 Å². The van der Waals surface area contributed by atoms with Crippen LogP contribution in [-0.4, -0.2) is 51.9 Å². The highest BCUT2D eigenvalue weighted by atomic mass is 32.1. The molecule has 11 heteroatoms. The Morgan fingerprint density at radius 1 is 1.13 bits per heavy atom. The van der Waals surface area contributed by atoms with Crippen molar-refractivity contribution in [2.45, 2.75) is 19.5 Å². The topological polar surface area (TPSA) is 70.7 Å². The number of carbonyl (C=O) groups excluding carboxylic acids is 1. The maximum atomic E-state index is 13.0. The van der Waals surface area contributed by atoms with Crippen LogP contribution >= 0.6 is 11.3 Å². The van der Waals surface area contributed by atoms with Crippen molar-refractivity contribution in [3.05, 3.63) is 76.7 Å². The standard InChI is InChI=1S/C27H25F3N4O3S/c28-27(29,30)37-20-3-1-2-17(9-20)11-34(26(35)36-25-15-38-16-32-25)14-23-21-12-33(13-22(21)23)10-18-4-5-24-19(8-18)6-7-31-24/h1-9,15-16,21-23,31H,10-14H2. The third kappa shape index (κ3) is 5.63. The molecule has 2 atom stereocenters. The number of aromatic nitrogens is 2. The average molecular weight is 543 g/mol. The number of fused-ring (bicyclic) bond motifs is 2. The summed E-state index contributed by atoms with van der Waals surface area (Å²) < 4.78 is 47.6. The number of hydrogen-bond donors (Lipinski definition) is 1. The van der Waals surface area contributed by atoms with Crippen LogP contribution in [0.5, 0.6) is 11.6 Å². The quantitative estimate of drug-likeness (QED) is 0.300. The molecule has 4 aromatic rings. The van der Waals surface area contributed by atoms with Crippen molar-refractivity contribution < 1.29 is 27.4 Å². The van der Waals surface area contributed by atoms with Crippen LogP contribution in [0.1, 0.15) is 11.1 Å². The first-order valence-corrected chi connectivity index (χ1v) is 13.2. The van der Waals surface area contributed by atoms with Crippen LogP contribution in [0, 0.1) is 17.8 Å². The summed E-state index contributed by atoms with van der Waals surface area (Å²) in [5.41, 5.74) is 4.48. The first-order valence-electron chi connectivity index (χ1n) is 12.3. The van der Waals surface area contributed by atoms with E-state index in [4.69, 9.17) is 4.74 Å². The minimum atomic E-state index is -4.79. The van der Waals surface area contributed by atoms with Crippen molar-refractivity contribution >= 4 is 28.3 Å². The zero-order valence-corrected chi connectivity index (χ0v) is 21.0. The summed E-state index contributed by atoms with van der Waals surface area (Å²) in [6, 6.07) is 14.2. The second-order valence-corrected chi connectivity index (χ2v) is 10.6. The molecule has 2 unspecified atom stereocenters. The summed E-state index contributed by atoms with van der Waals surface area (Å²) in [5.74, 6) is 1.15. The van der Waals surface area contributed by atoms with Gasteiger partial charge in [0.2, 0.25) is 5.88 Å². The van der Waals surface area contributed by atoms with Gasteiger partial charge in [-0.1, -0.05) is 18.2 Å². The summed E-state index contributed by atoms with van der Waals surface area (Å²) >= 11 is 1.31. The first kappa shape index (κ1) is 24.7. The molecule has 1 amide bonds. The summed E-state index contributed by atoms with van der Waals surface area (Å²) in [7, 11) is 0. The monoisotopic (exact) mass is 542 g/mol. The number of nitrogens with zero attached hydrogens (tertiary/aromatic N) is 3. The number of halogens is 3. The van der Waals surface area contributed by atoms with E-state index in [1.54, 1.807) is 21.9 Å².